The van der Waals surface area contributed by atoms with Crippen LogP contribution in [0.1, 0.15) is 126 Å². The lowest BCUT2D eigenvalue weighted by Crippen LogP contribution is -1.93. The predicted molar refractivity (Wildman–Crippen MR) is 202 cm³/mol. The van der Waals surface area contributed by atoms with Gasteiger partial charge in [0.1, 0.15) is 11.5 Å². The minimum absolute atomic E-state index is 0.0203. The molecule has 0 unspecified atom stereocenters. The van der Waals surface area contributed by atoms with Crippen LogP contribution in [0.15, 0.2) is 36.4 Å². The number of aromatic amines is 2. The van der Waals surface area contributed by atoms with E-state index in [0.29, 0.717) is 0 Å². The summed E-state index contributed by atoms with van der Waals surface area (Å²) in [5.74, 6) is 0.0406. The van der Waals surface area contributed by atoms with Crippen molar-refractivity contribution >= 4 is 44.4 Å². The number of fused-ring (bicyclic) bond motifs is 8. The molecular weight excluding hydrogens is 592 g/mol. The number of phenols is 2. The van der Waals surface area contributed by atoms with Crippen LogP contribution in [0.5, 0.6) is 11.5 Å². The molecule has 48 heavy (non-hydrogen) atoms. The number of nitrogens with zero attached hydrogens (tertiary/aromatic N) is 2. The number of phenolic OH excluding ortho intramolecular Hbond substituents is 2. The number of aryl methyl sites for hydroxylation is 4. The maximum Gasteiger partial charge on any atom is 0.119 e. The summed E-state index contributed by atoms with van der Waals surface area (Å²) in [5.41, 5.74) is 20.0. The summed E-state index contributed by atoms with van der Waals surface area (Å²) in [6.07, 6.45) is 6.95. The smallest absolute Gasteiger partial charge is 0.119 e. The summed E-state index contributed by atoms with van der Waals surface area (Å²) >= 11 is 0. The molecule has 5 heterocycles. The second kappa shape index (κ2) is 13.5. The molecular formula is C42H50N4O2. The summed E-state index contributed by atoms with van der Waals surface area (Å²) < 4.78 is 0. The molecule has 0 radical (unpaired) electrons. The summed E-state index contributed by atoms with van der Waals surface area (Å²) in [6, 6.07) is 11.6. The van der Waals surface area contributed by atoms with Gasteiger partial charge in [0.05, 0.1) is 28.3 Å². The molecule has 0 saturated heterocycles. The average molecular weight is 643 g/mol. The Hall–Kier alpha value is -4.58. The maximum atomic E-state index is 10.8. The zero-order valence-corrected chi connectivity index (χ0v) is 29.9. The van der Waals surface area contributed by atoms with Crippen LogP contribution in [0, 0.1) is 0 Å². The topological polar surface area (TPSA) is 97.8 Å². The van der Waals surface area contributed by atoms with Crippen molar-refractivity contribution in [1.29, 1.82) is 0 Å². The summed E-state index contributed by atoms with van der Waals surface area (Å²) in [7, 11) is 0. The van der Waals surface area contributed by atoms with Crippen LogP contribution in [-0.4, -0.2) is 30.1 Å². The van der Waals surface area contributed by atoms with Crippen molar-refractivity contribution in [2.75, 3.05) is 0 Å². The number of aromatic nitrogens is 4. The van der Waals surface area contributed by atoms with Crippen molar-refractivity contribution in [3.63, 3.8) is 0 Å². The maximum absolute atomic E-state index is 10.8. The minimum Gasteiger partial charge on any atom is -0.508 e. The third-order valence-corrected chi connectivity index (χ3v) is 10.3. The molecule has 0 fully saturated rings. The number of rotatable bonds is 9. The zero-order chi connectivity index (χ0) is 34.3. The Labute approximate surface area is 284 Å². The number of allylic oxidation sites excluding steroid dienone is 4. The van der Waals surface area contributed by atoms with Gasteiger partial charge in [-0.15, -0.1) is 0 Å². The fourth-order valence-corrected chi connectivity index (χ4v) is 8.21. The Morgan fingerprint density at radius 3 is 1.46 bits per heavy atom. The first-order valence-corrected chi connectivity index (χ1v) is 18.0. The quantitative estimate of drug-likeness (QED) is 0.146. The second-order valence-electron chi connectivity index (χ2n) is 12.8. The number of aromatic hydroxyl groups is 2. The molecule has 2 aliphatic heterocycles. The molecule has 2 aliphatic rings. The van der Waals surface area contributed by atoms with E-state index in [0.717, 1.165) is 107 Å². The van der Waals surface area contributed by atoms with Crippen LogP contribution in [0.3, 0.4) is 0 Å². The van der Waals surface area contributed by atoms with Crippen molar-refractivity contribution in [2.24, 2.45) is 0 Å². The van der Waals surface area contributed by atoms with Crippen LogP contribution < -0.4 is 0 Å². The number of hydrogen-bond acceptors (Lipinski definition) is 4. The van der Waals surface area contributed by atoms with E-state index in [4.69, 9.17) is 9.97 Å². The standard InChI is InChI=1S/C42H50N4O2/c1-9-26-28(11-3)36-21-38-30(13-5)32(15-7)41(45-38)40(23-17-24(47)19-25(48)18-23)42-33(16-8)31(14-6)39(46-42)22-37-29(12-4)27(10-2)35(44-37)20-34(26)43-36/h17-22,43,45,47-48H,9-16H2,1-8H3. The third-order valence-electron chi connectivity index (χ3n) is 10.3. The van der Waals surface area contributed by atoms with Gasteiger partial charge in [0.2, 0.25) is 0 Å². The molecule has 4 aromatic rings. The Balaban J connectivity index is 1.94. The molecule has 250 valence electrons. The molecule has 6 heteroatoms. The lowest BCUT2D eigenvalue weighted by atomic mass is 9.92. The summed E-state index contributed by atoms with van der Waals surface area (Å²) in [5, 5.41) is 21.5. The van der Waals surface area contributed by atoms with Crippen LogP contribution in [0.25, 0.3) is 55.5 Å². The van der Waals surface area contributed by atoms with Gasteiger partial charge in [-0.1, -0.05) is 55.4 Å². The summed E-state index contributed by atoms with van der Waals surface area (Å²) in [4.78, 5) is 18.5. The van der Waals surface area contributed by atoms with Gasteiger partial charge in [-0.25, -0.2) is 9.97 Å². The van der Waals surface area contributed by atoms with Gasteiger partial charge < -0.3 is 20.2 Å². The van der Waals surface area contributed by atoms with E-state index < -0.39 is 0 Å². The highest BCUT2D eigenvalue weighted by Gasteiger charge is 2.26. The fraction of sp³-hybridized carbons (Fsp3) is 0.381. The van der Waals surface area contributed by atoms with E-state index in [1.54, 1.807) is 12.1 Å². The van der Waals surface area contributed by atoms with Gasteiger partial charge in [-0.3, -0.25) is 0 Å². The summed E-state index contributed by atoms with van der Waals surface area (Å²) in [6.45, 7) is 17.7. The average Bonchev–Trinajstić information content (AvgIpc) is 3.79. The molecule has 6 nitrogen and oxygen atoms in total. The van der Waals surface area contributed by atoms with Gasteiger partial charge >= 0.3 is 0 Å². The van der Waals surface area contributed by atoms with Crippen molar-refractivity contribution in [1.82, 2.24) is 19.9 Å². The Kier molecular flexibility index (Phi) is 9.37. The number of nitrogens with one attached hydrogen (secondary N) is 2. The first-order valence-electron chi connectivity index (χ1n) is 18.0. The van der Waals surface area contributed by atoms with E-state index in [1.807, 2.05) is 0 Å². The van der Waals surface area contributed by atoms with E-state index in [1.165, 1.54) is 50.6 Å². The minimum atomic E-state index is 0.0203. The van der Waals surface area contributed by atoms with Crippen molar-refractivity contribution in [3.8, 4) is 22.6 Å². The normalized spacial score (nSPS) is 13.2. The van der Waals surface area contributed by atoms with Crippen LogP contribution in [0.2, 0.25) is 0 Å². The lowest BCUT2D eigenvalue weighted by molar-refractivity contribution is 0.451. The molecule has 1 aromatic carbocycles. The fourth-order valence-electron chi connectivity index (χ4n) is 8.21. The van der Waals surface area contributed by atoms with E-state index in [2.05, 4.69) is 83.6 Å². The van der Waals surface area contributed by atoms with E-state index in [-0.39, 0.29) is 11.5 Å². The molecule has 0 aliphatic carbocycles. The second-order valence-corrected chi connectivity index (χ2v) is 12.8. The monoisotopic (exact) mass is 642 g/mol. The van der Waals surface area contributed by atoms with Crippen LogP contribution in [-0.2, 0) is 25.7 Å². The molecule has 0 atom stereocenters. The van der Waals surface area contributed by atoms with Crippen LogP contribution >= 0.6 is 0 Å². The van der Waals surface area contributed by atoms with Gasteiger partial charge in [-0.2, -0.15) is 0 Å². The highest BCUT2D eigenvalue weighted by molar-refractivity contribution is 6.02. The molecule has 0 spiro atoms. The number of benzene rings is 1. The highest BCUT2D eigenvalue weighted by Crippen LogP contribution is 2.44. The Bertz CT molecular complexity index is 2120. The SMILES string of the molecule is CCC1=C(CC)c2cc3[nH]c(cc4[nH]c(c(CC)c4CC)c(-c4cc(O)cc(O)c4)c4nc(cc1n2)C(CC)=C4CC)c(CC)c3CC. The molecule has 3 aromatic heterocycles. The van der Waals surface area contributed by atoms with E-state index >= 15 is 0 Å². The van der Waals surface area contributed by atoms with Crippen LogP contribution in [0.4, 0.5) is 0 Å². The molecule has 6 rings (SSSR count). The van der Waals surface area contributed by atoms with Crippen molar-refractivity contribution in [2.45, 2.75) is 107 Å². The number of hydrogen-bond donors (Lipinski definition) is 4. The molecule has 8 bridgehead atoms. The number of H-pyrrole nitrogens is 2. The Morgan fingerprint density at radius 1 is 0.458 bits per heavy atom. The van der Waals surface area contributed by atoms with Crippen molar-refractivity contribution < 1.29 is 10.2 Å². The third kappa shape index (κ3) is 5.45. The van der Waals surface area contributed by atoms with E-state index in [9.17, 15) is 10.2 Å². The zero-order valence-electron chi connectivity index (χ0n) is 29.9. The highest BCUT2D eigenvalue weighted by atomic mass is 16.3. The van der Waals surface area contributed by atoms with Gasteiger partial charge in [0, 0.05) is 28.2 Å². The largest absolute Gasteiger partial charge is 0.508 e. The predicted octanol–water partition coefficient (Wildman–Crippen LogP) is 11.1. The van der Waals surface area contributed by atoms with Gasteiger partial charge in [0.25, 0.3) is 0 Å². The lowest BCUT2D eigenvalue weighted by Gasteiger charge is -2.11. The first-order chi connectivity index (χ1) is 23.2. The van der Waals surface area contributed by atoms with Gasteiger partial charge in [-0.05, 0) is 132 Å². The van der Waals surface area contributed by atoms with Crippen molar-refractivity contribution in [3.05, 3.63) is 81.4 Å². The van der Waals surface area contributed by atoms with Gasteiger partial charge in [0.15, 0.2) is 0 Å². The molecule has 0 saturated carbocycles. The first kappa shape index (κ1) is 33.3. The molecule has 4 N–H and O–H groups in total. The Morgan fingerprint density at radius 2 is 0.917 bits per heavy atom. The molecule has 0 amide bonds.